The van der Waals surface area contributed by atoms with Crippen molar-refractivity contribution in [2.45, 2.75) is 56.8 Å². The topological polar surface area (TPSA) is 48.5 Å². The zero-order valence-electron chi connectivity index (χ0n) is 24.6. The van der Waals surface area contributed by atoms with Crippen molar-refractivity contribution in [3.8, 4) is 11.1 Å². The van der Waals surface area contributed by atoms with Gasteiger partial charge in [-0.05, 0) is 73.7 Å². The molecule has 1 N–H and O–H groups in total. The number of carbonyl (C=O) groups excluding carboxylic acids is 1. The number of pyridine rings is 1. The Morgan fingerprint density at radius 2 is 1.51 bits per heavy atom. The summed E-state index contributed by atoms with van der Waals surface area (Å²) in [5.74, 6) is 0.406. The number of aromatic nitrogens is 1. The second-order valence-corrected chi connectivity index (χ2v) is 12.0. The van der Waals surface area contributed by atoms with E-state index < -0.39 is 24.0 Å². The van der Waals surface area contributed by atoms with Gasteiger partial charge in [-0.3, -0.25) is 9.69 Å². The van der Waals surface area contributed by atoms with Gasteiger partial charge in [0.2, 0.25) is 5.91 Å². The van der Waals surface area contributed by atoms with Crippen LogP contribution in [-0.2, 0) is 10.2 Å². The molecule has 43 heavy (non-hydrogen) atoms. The van der Waals surface area contributed by atoms with Crippen LogP contribution in [0.2, 0.25) is 0 Å². The van der Waals surface area contributed by atoms with Crippen molar-refractivity contribution < 1.29 is 18.0 Å². The van der Waals surface area contributed by atoms with Crippen LogP contribution in [0.25, 0.3) is 22.0 Å². The molecule has 3 aromatic carbocycles. The van der Waals surface area contributed by atoms with E-state index in [-0.39, 0.29) is 6.04 Å². The number of nitrogens with zero attached hydrogens (tertiary/aromatic N) is 3. The molecular formula is C35H37F3N4O. The third-order valence-corrected chi connectivity index (χ3v) is 9.14. The molecular weight excluding hydrogens is 549 g/mol. The Balaban J connectivity index is 1.16. The standard InChI is InChI=1S/C35H37F3N4O/c1-24-22-42(32-18-17-26-11-3-8-16-31(26)40-32)25(2)21-41(24)20-10-9-19-34(33(43)39-23-35(36,37)38)29-14-6-4-12-27(29)28-13-5-7-15-30(28)34/h3-8,11-18,24-25H,9-10,19-23H2,1-2H3,(H,39,43)/t24-,25+/m0/s1. The average Bonchev–Trinajstić information content (AvgIpc) is 3.29. The molecule has 2 aliphatic rings. The van der Waals surface area contributed by atoms with Crippen LogP contribution in [0.15, 0.2) is 84.9 Å². The number of para-hydroxylation sites is 1. The first-order valence-electron chi connectivity index (χ1n) is 15.1. The van der Waals surface area contributed by atoms with E-state index in [0.29, 0.717) is 18.9 Å². The van der Waals surface area contributed by atoms with Crippen LogP contribution in [0.4, 0.5) is 19.0 Å². The summed E-state index contributed by atoms with van der Waals surface area (Å²) in [4.78, 5) is 23.5. The van der Waals surface area contributed by atoms with E-state index in [0.717, 1.165) is 65.0 Å². The monoisotopic (exact) mass is 586 g/mol. The van der Waals surface area contributed by atoms with Gasteiger partial charge in [-0.25, -0.2) is 4.98 Å². The number of benzene rings is 3. The van der Waals surface area contributed by atoms with Crippen molar-refractivity contribution in [2.75, 3.05) is 31.1 Å². The van der Waals surface area contributed by atoms with Crippen LogP contribution in [0.1, 0.15) is 44.2 Å². The van der Waals surface area contributed by atoms with E-state index in [1.54, 1.807) is 0 Å². The Morgan fingerprint density at radius 3 is 2.21 bits per heavy atom. The van der Waals surface area contributed by atoms with Gasteiger partial charge >= 0.3 is 6.18 Å². The number of hydrogen-bond donors (Lipinski definition) is 1. The minimum absolute atomic E-state index is 0.276. The van der Waals surface area contributed by atoms with E-state index in [9.17, 15) is 18.0 Å². The van der Waals surface area contributed by atoms with Gasteiger partial charge in [-0.1, -0.05) is 73.2 Å². The van der Waals surface area contributed by atoms with Gasteiger partial charge < -0.3 is 10.2 Å². The van der Waals surface area contributed by atoms with Crippen molar-refractivity contribution in [2.24, 2.45) is 0 Å². The molecule has 4 aromatic rings. The zero-order chi connectivity index (χ0) is 30.2. The van der Waals surface area contributed by atoms with Crippen molar-refractivity contribution in [3.05, 3.63) is 96.1 Å². The summed E-state index contributed by atoms with van der Waals surface area (Å²) in [6.45, 7) is 5.71. The highest BCUT2D eigenvalue weighted by Crippen LogP contribution is 2.51. The number of nitrogens with one attached hydrogen (secondary N) is 1. The lowest BCUT2D eigenvalue weighted by atomic mass is 9.73. The third-order valence-electron chi connectivity index (χ3n) is 9.14. The molecule has 224 valence electrons. The van der Waals surface area contributed by atoms with Gasteiger partial charge in [0.25, 0.3) is 0 Å². The van der Waals surface area contributed by atoms with Crippen molar-refractivity contribution in [3.63, 3.8) is 0 Å². The second-order valence-electron chi connectivity index (χ2n) is 12.0. The van der Waals surface area contributed by atoms with E-state index in [2.05, 4.69) is 47.2 Å². The Kier molecular flexibility index (Phi) is 7.90. The molecule has 0 saturated carbocycles. The van der Waals surface area contributed by atoms with Crippen LogP contribution in [0.5, 0.6) is 0 Å². The van der Waals surface area contributed by atoms with Crippen LogP contribution < -0.4 is 10.2 Å². The molecule has 1 amide bonds. The molecule has 0 unspecified atom stereocenters. The summed E-state index contributed by atoms with van der Waals surface area (Å²) in [6.07, 6.45) is -2.50. The summed E-state index contributed by atoms with van der Waals surface area (Å²) in [7, 11) is 0. The number of piperazine rings is 1. The molecule has 0 spiro atoms. The maximum Gasteiger partial charge on any atom is 0.405 e. The number of rotatable bonds is 8. The van der Waals surface area contributed by atoms with Crippen LogP contribution in [0.3, 0.4) is 0 Å². The lowest BCUT2D eigenvalue weighted by Crippen LogP contribution is -2.56. The fourth-order valence-corrected chi connectivity index (χ4v) is 7.03. The Labute approximate surface area is 250 Å². The lowest BCUT2D eigenvalue weighted by molar-refractivity contribution is -0.141. The first-order valence-corrected chi connectivity index (χ1v) is 15.1. The predicted octanol–water partition coefficient (Wildman–Crippen LogP) is 6.95. The Hall–Kier alpha value is -3.91. The summed E-state index contributed by atoms with van der Waals surface area (Å²) in [6, 6.07) is 28.2. The average molecular weight is 587 g/mol. The summed E-state index contributed by atoms with van der Waals surface area (Å²) in [5, 5.41) is 3.36. The van der Waals surface area contributed by atoms with Crippen molar-refractivity contribution in [1.29, 1.82) is 0 Å². The number of carbonyl (C=O) groups is 1. The number of anilines is 1. The first kappa shape index (κ1) is 29.2. The first-order chi connectivity index (χ1) is 20.7. The number of unbranched alkanes of at least 4 members (excludes halogenated alkanes) is 1. The van der Waals surface area contributed by atoms with Gasteiger partial charge in [0, 0.05) is 30.6 Å². The highest BCUT2D eigenvalue weighted by molar-refractivity contribution is 6.00. The molecule has 0 radical (unpaired) electrons. The second kappa shape index (κ2) is 11.6. The highest BCUT2D eigenvalue weighted by atomic mass is 19.4. The SMILES string of the molecule is C[C@@H]1CN(CCCCC2(C(=O)NCC(F)(F)F)c3ccccc3-c3ccccc32)[C@@H](C)CN1c1ccc2ccccc2n1. The molecule has 6 rings (SSSR count). The Morgan fingerprint density at radius 1 is 0.860 bits per heavy atom. The molecule has 1 aliphatic heterocycles. The molecule has 0 bridgehead atoms. The van der Waals surface area contributed by atoms with Crippen LogP contribution in [0, 0.1) is 0 Å². The van der Waals surface area contributed by atoms with E-state index in [1.165, 1.54) is 0 Å². The number of amides is 1. The minimum Gasteiger partial charge on any atom is -0.351 e. The van der Waals surface area contributed by atoms with Gasteiger partial charge in [0.05, 0.1) is 5.52 Å². The number of halogens is 3. The lowest BCUT2D eigenvalue weighted by Gasteiger charge is -2.45. The number of alkyl halides is 3. The smallest absolute Gasteiger partial charge is 0.351 e. The van der Waals surface area contributed by atoms with Crippen molar-refractivity contribution >= 4 is 22.6 Å². The molecule has 2 atom stereocenters. The van der Waals surface area contributed by atoms with E-state index >= 15 is 0 Å². The number of fused-ring (bicyclic) bond motifs is 4. The molecule has 1 aliphatic carbocycles. The zero-order valence-corrected chi connectivity index (χ0v) is 24.6. The normalized spacial score (nSPS) is 19.7. The largest absolute Gasteiger partial charge is 0.405 e. The molecule has 8 heteroatoms. The molecule has 1 aromatic heterocycles. The summed E-state index contributed by atoms with van der Waals surface area (Å²) >= 11 is 0. The van der Waals surface area contributed by atoms with E-state index in [1.807, 2.05) is 66.7 Å². The summed E-state index contributed by atoms with van der Waals surface area (Å²) < 4.78 is 39.5. The van der Waals surface area contributed by atoms with Gasteiger partial charge in [0.1, 0.15) is 17.8 Å². The Bertz CT molecular complexity index is 1570. The van der Waals surface area contributed by atoms with Gasteiger partial charge in [0.15, 0.2) is 0 Å². The minimum atomic E-state index is -4.48. The molecule has 2 heterocycles. The maximum absolute atomic E-state index is 13.7. The number of hydrogen-bond acceptors (Lipinski definition) is 4. The van der Waals surface area contributed by atoms with E-state index in [4.69, 9.17) is 4.98 Å². The predicted molar refractivity (Wildman–Crippen MR) is 165 cm³/mol. The van der Waals surface area contributed by atoms with Gasteiger partial charge in [-0.15, -0.1) is 0 Å². The van der Waals surface area contributed by atoms with Crippen LogP contribution in [-0.4, -0.2) is 60.2 Å². The van der Waals surface area contributed by atoms with Gasteiger partial charge in [-0.2, -0.15) is 13.2 Å². The molecule has 5 nitrogen and oxygen atoms in total. The molecule has 1 fully saturated rings. The highest BCUT2D eigenvalue weighted by Gasteiger charge is 2.49. The quantitative estimate of drug-likeness (QED) is 0.227. The fraction of sp³-hybridized carbons (Fsp3) is 0.371. The summed E-state index contributed by atoms with van der Waals surface area (Å²) in [5.41, 5.74) is 3.24. The fourth-order valence-electron chi connectivity index (χ4n) is 7.03. The third kappa shape index (κ3) is 5.60. The van der Waals surface area contributed by atoms with Crippen LogP contribution >= 0.6 is 0 Å². The molecule has 1 saturated heterocycles. The maximum atomic E-state index is 13.7. The van der Waals surface area contributed by atoms with Crippen molar-refractivity contribution in [1.82, 2.24) is 15.2 Å².